The van der Waals surface area contributed by atoms with Gasteiger partial charge in [-0.2, -0.15) is 0 Å². The molecule has 1 aromatic carbocycles. The average molecular weight is 386 g/mol. The molecule has 1 aromatic rings. The first-order valence-electron chi connectivity index (χ1n) is 6.33. The highest BCUT2D eigenvalue weighted by Crippen LogP contribution is 2.74. The molecule has 1 fully saturated rings. The lowest BCUT2D eigenvalue weighted by atomic mass is 10.4. The molecule has 0 bridgehead atoms. The van der Waals surface area contributed by atoms with Crippen molar-refractivity contribution < 1.29 is 4.55 Å². The van der Waals surface area contributed by atoms with Gasteiger partial charge in [0, 0.05) is 13.1 Å². The Labute approximate surface area is 134 Å². The van der Waals surface area contributed by atoms with Crippen LogP contribution in [0.25, 0.3) is 0 Å². The van der Waals surface area contributed by atoms with Gasteiger partial charge >= 0.3 is 0 Å². The molecule has 0 aliphatic carbocycles. The fraction of sp³-hybridized carbons (Fsp3) is 0.400. The lowest BCUT2D eigenvalue weighted by molar-refractivity contribution is 0.587. The van der Waals surface area contributed by atoms with Gasteiger partial charge in [-0.3, -0.25) is 0 Å². The van der Waals surface area contributed by atoms with Gasteiger partial charge in [0.15, 0.2) is 12.1 Å². The van der Waals surface area contributed by atoms with Crippen LogP contribution in [0.5, 0.6) is 0 Å². The van der Waals surface area contributed by atoms with Crippen LogP contribution >= 0.6 is 35.6 Å². The summed E-state index contributed by atoms with van der Waals surface area (Å²) in [7, 11) is -5.28. The largest absolute Gasteiger partial charge is 0.603 e. The lowest BCUT2D eigenvalue weighted by Crippen LogP contribution is -2.21. The third kappa shape index (κ3) is 3.62. The van der Waals surface area contributed by atoms with Crippen LogP contribution in [0.15, 0.2) is 48.0 Å². The van der Waals surface area contributed by atoms with Gasteiger partial charge in [0.2, 0.25) is 0 Å². The van der Waals surface area contributed by atoms with Crippen LogP contribution < -0.4 is 10.6 Å². The van der Waals surface area contributed by atoms with Gasteiger partial charge in [-0.05, 0) is 38.7 Å². The fourth-order valence-corrected chi connectivity index (χ4v) is 14.9. The quantitative estimate of drug-likeness (QED) is 0.563. The maximum Gasteiger partial charge on any atom is 0.300 e. The summed E-state index contributed by atoms with van der Waals surface area (Å²) >= 11 is 12.5. The number of rotatable bonds is 1. The SMILES string of the molecule is [O-][S+]1(c2ccccc2)=NP(Cl)(Cl)=NP2(=N1)CNCCNC2. The van der Waals surface area contributed by atoms with Crippen molar-refractivity contribution in [2.24, 2.45) is 12.8 Å². The van der Waals surface area contributed by atoms with Gasteiger partial charge in [-0.15, -0.1) is 0 Å². The van der Waals surface area contributed by atoms with Crippen LogP contribution in [0.4, 0.5) is 0 Å². The van der Waals surface area contributed by atoms with E-state index in [1.807, 2.05) is 6.07 Å². The van der Waals surface area contributed by atoms with Crippen LogP contribution in [-0.2, 0) is 10.3 Å². The van der Waals surface area contributed by atoms with Gasteiger partial charge in [0.1, 0.15) is 0 Å². The maximum absolute atomic E-state index is 13.2. The number of nitrogens with one attached hydrogen (secondary N) is 2. The van der Waals surface area contributed by atoms with E-state index >= 15 is 0 Å². The summed E-state index contributed by atoms with van der Waals surface area (Å²) < 4.78 is 26.4. The van der Waals surface area contributed by atoms with E-state index in [1.165, 1.54) is 0 Å². The van der Waals surface area contributed by atoms with Crippen molar-refractivity contribution in [3.8, 4) is 0 Å². The van der Waals surface area contributed by atoms with Gasteiger partial charge in [-0.25, -0.2) is 4.52 Å². The van der Waals surface area contributed by atoms with Gasteiger partial charge in [0.05, 0.1) is 22.9 Å². The van der Waals surface area contributed by atoms with Crippen LogP contribution in [-0.4, -0.2) is 30.2 Å². The van der Waals surface area contributed by atoms with Gasteiger partial charge < -0.3 is 15.2 Å². The summed E-state index contributed by atoms with van der Waals surface area (Å²) in [6, 6.07) is 8.93. The molecule has 6 nitrogen and oxygen atoms in total. The molecule has 1 unspecified atom stereocenters. The fourth-order valence-electron chi connectivity index (χ4n) is 2.15. The Balaban J connectivity index is 2.20. The van der Waals surface area contributed by atoms with Gasteiger partial charge in [-0.1, -0.05) is 22.3 Å². The zero-order chi connectivity index (χ0) is 15.0. The minimum atomic E-state index is -2.99. The Bertz CT molecular complexity index is 693. The molecule has 0 saturated carbocycles. The predicted octanol–water partition coefficient (Wildman–Crippen LogP) is 4.09. The number of benzene rings is 1. The van der Waals surface area contributed by atoms with E-state index in [-0.39, 0.29) is 0 Å². The zero-order valence-corrected chi connectivity index (χ0v) is 15.1. The van der Waals surface area contributed by atoms with E-state index in [0.29, 0.717) is 17.5 Å². The highest BCUT2D eigenvalue weighted by Gasteiger charge is 2.37. The highest BCUT2D eigenvalue weighted by molar-refractivity contribution is 8.18. The number of hydrogen-bond acceptors (Lipinski definition) is 6. The lowest BCUT2D eigenvalue weighted by Gasteiger charge is -2.27. The topological polar surface area (TPSA) is 84.2 Å². The molecule has 0 radical (unpaired) electrons. The van der Waals surface area contributed by atoms with Gasteiger partial charge in [0.25, 0.3) is 5.91 Å². The molecule has 2 aliphatic rings. The monoisotopic (exact) mass is 385 g/mol. The zero-order valence-electron chi connectivity index (χ0n) is 11.0. The number of hydrogen-bond donors (Lipinski definition) is 2. The molecular formula is C10H15Cl2N5OP2S. The molecule has 2 N–H and O–H groups in total. The predicted molar refractivity (Wildman–Crippen MR) is 91.4 cm³/mol. The molecular weight excluding hydrogens is 371 g/mol. The molecule has 116 valence electrons. The van der Waals surface area contributed by atoms with E-state index in [0.717, 1.165) is 13.1 Å². The van der Waals surface area contributed by atoms with Crippen molar-refractivity contribution in [1.29, 1.82) is 0 Å². The third-order valence-corrected chi connectivity index (χ3v) is 13.6. The van der Waals surface area contributed by atoms with Crippen LogP contribution in [0.1, 0.15) is 0 Å². The van der Waals surface area contributed by atoms with Crippen molar-refractivity contribution in [1.82, 2.24) is 10.6 Å². The first-order chi connectivity index (χ1) is 9.93. The Morgan fingerprint density at radius 1 is 1.10 bits per heavy atom. The van der Waals surface area contributed by atoms with E-state index in [4.69, 9.17) is 22.5 Å². The second kappa shape index (κ2) is 6.06. The Morgan fingerprint density at radius 2 is 1.71 bits per heavy atom. The van der Waals surface area contributed by atoms with E-state index < -0.39 is 23.4 Å². The Morgan fingerprint density at radius 3 is 2.33 bits per heavy atom. The summed E-state index contributed by atoms with van der Waals surface area (Å²) in [5.41, 5.74) is 0. The molecule has 0 amide bonds. The van der Waals surface area contributed by atoms with Crippen LogP contribution in [0.2, 0.25) is 0 Å². The average Bonchev–Trinajstić information content (AvgIpc) is 2.63. The molecule has 2 heterocycles. The van der Waals surface area contributed by atoms with Crippen molar-refractivity contribution in [2.75, 3.05) is 25.7 Å². The molecule has 0 aromatic heterocycles. The summed E-state index contributed by atoms with van der Waals surface area (Å²) in [4.78, 5) is 0.536. The summed E-state index contributed by atoms with van der Waals surface area (Å²) in [5.74, 6) is -2.98. The third-order valence-electron chi connectivity index (χ3n) is 3.00. The molecule has 21 heavy (non-hydrogen) atoms. The molecule has 1 atom stereocenters. The molecule has 2 aliphatic heterocycles. The number of halogens is 2. The van der Waals surface area contributed by atoms with E-state index in [9.17, 15) is 4.55 Å². The highest BCUT2D eigenvalue weighted by atomic mass is 35.9. The van der Waals surface area contributed by atoms with Crippen molar-refractivity contribution in [3.05, 3.63) is 30.3 Å². The van der Waals surface area contributed by atoms with E-state index in [1.54, 1.807) is 24.3 Å². The van der Waals surface area contributed by atoms with Crippen LogP contribution in [0.3, 0.4) is 0 Å². The smallest absolute Gasteiger partial charge is 0.300 e. The summed E-state index contributed by atoms with van der Waals surface area (Å²) in [6.07, 6.45) is 1.11. The first kappa shape index (κ1) is 16.2. The van der Waals surface area contributed by atoms with Crippen molar-refractivity contribution in [2.45, 2.75) is 4.90 Å². The minimum Gasteiger partial charge on any atom is -0.603 e. The van der Waals surface area contributed by atoms with Crippen molar-refractivity contribution in [3.63, 3.8) is 0 Å². The summed E-state index contributed by atoms with van der Waals surface area (Å²) in [6.45, 7) is 1.62. The standard InChI is InChI=1S/C10H15Cl2N5OP2S/c11-20(12)15-19(8-13-6-7-14-9-19)16-21(18,17-20)10-4-2-1-3-5-10/h1-5,13-14H,6-9H2. The number of nitrogens with zero attached hydrogens (tertiary/aromatic N) is 3. The maximum atomic E-state index is 13.2. The van der Waals surface area contributed by atoms with Crippen LogP contribution in [0, 0.1) is 0 Å². The Hall–Kier alpha value is 0.290. The molecule has 3 rings (SSSR count). The molecule has 1 spiro atoms. The first-order valence-corrected chi connectivity index (χ1v) is 13.4. The Kier molecular flexibility index (Phi) is 4.66. The molecule has 1 saturated heterocycles. The van der Waals surface area contributed by atoms with Crippen molar-refractivity contribution >= 4 is 45.9 Å². The van der Waals surface area contributed by atoms with E-state index in [2.05, 4.69) is 23.4 Å². The normalized spacial score (nSPS) is 30.6. The summed E-state index contributed by atoms with van der Waals surface area (Å²) in [5, 5.41) is 6.53. The second-order valence-electron chi connectivity index (χ2n) is 4.71. The molecule has 11 heteroatoms. The second-order valence-corrected chi connectivity index (χ2v) is 14.8. The minimum absolute atomic E-state index is 0.536.